The Hall–Kier alpha value is -3.33. The molecular formula is C20H24N4O4S. The second-order valence-corrected chi connectivity index (χ2v) is 6.11. The smallest absolute Gasteiger partial charge is 0.257 e. The summed E-state index contributed by atoms with van der Waals surface area (Å²) in [5, 5.41) is 5.68. The number of nitrogens with one attached hydrogen (secondary N) is 4. The predicted molar refractivity (Wildman–Crippen MR) is 115 cm³/mol. The Morgan fingerprint density at radius 3 is 2.31 bits per heavy atom. The number of carbonyl (C=O) groups is 2. The number of hydrogen-bond acceptors (Lipinski definition) is 5. The maximum Gasteiger partial charge on any atom is 0.257 e. The van der Waals surface area contributed by atoms with Crippen molar-refractivity contribution in [1.29, 1.82) is 0 Å². The maximum absolute atomic E-state index is 12.3. The van der Waals surface area contributed by atoms with Crippen LogP contribution in [0.4, 0.5) is 5.69 Å². The van der Waals surface area contributed by atoms with Gasteiger partial charge in [-0.05, 0) is 56.4 Å². The van der Waals surface area contributed by atoms with Gasteiger partial charge in [0, 0.05) is 11.3 Å². The van der Waals surface area contributed by atoms with Crippen molar-refractivity contribution in [1.82, 2.24) is 16.2 Å². The highest BCUT2D eigenvalue weighted by molar-refractivity contribution is 7.80. The number of hydrazine groups is 1. The third kappa shape index (κ3) is 7.30. The van der Waals surface area contributed by atoms with Gasteiger partial charge in [-0.1, -0.05) is 18.2 Å². The number of benzene rings is 2. The summed E-state index contributed by atoms with van der Waals surface area (Å²) in [5.74, 6) is 0.179. The zero-order chi connectivity index (χ0) is 21.1. The average molecular weight is 417 g/mol. The Balaban J connectivity index is 1.81. The number of ether oxygens (including phenoxy) is 2. The number of rotatable bonds is 8. The molecule has 2 amide bonds. The van der Waals surface area contributed by atoms with Gasteiger partial charge in [0.15, 0.2) is 16.6 Å². The second kappa shape index (κ2) is 11.5. The van der Waals surface area contributed by atoms with Crippen LogP contribution in [0.25, 0.3) is 0 Å². The molecule has 8 nitrogen and oxygen atoms in total. The average Bonchev–Trinajstić information content (AvgIpc) is 2.73. The minimum Gasteiger partial charge on any atom is -0.490 e. The molecule has 154 valence electrons. The number of hydrogen-bond donors (Lipinski definition) is 4. The molecule has 0 heterocycles. The van der Waals surface area contributed by atoms with Gasteiger partial charge < -0.3 is 20.1 Å². The Labute approximate surface area is 174 Å². The molecule has 0 saturated heterocycles. The molecule has 0 aliphatic carbocycles. The molecule has 0 unspecified atom stereocenters. The van der Waals surface area contributed by atoms with Gasteiger partial charge in [-0.25, -0.2) is 0 Å². The first-order valence-electron chi connectivity index (χ1n) is 9.12. The van der Waals surface area contributed by atoms with E-state index >= 15 is 0 Å². The van der Waals surface area contributed by atoms with E-state index < -0.39 is 11.8 Å². The molecule has 0 saturated carbocycles. The maximum atomic E-state index is 12.3. The summed E-state index contributed by atoms with van der Waals surface area (Å²) in [6.45, 7) is 4.41. The highest BCUT2D eigenvalue weighted by atomic mass is 32.1. The van der Waals surface area contributed by atoms with Gasteiger partial charge in [0.2, 0.25) is 0 Å². The van der Waals surface area contributed by atoms with E-state index in [2.05, 4.69) is 21.5 Å². The van der Waals surface area contributed by atoms with Crippen LogP contribution in [0.3, 0.4) is 0 Å². The molecule has 2 aromatic rings. The standard InChI is InChI=1S/C20H24N4O4S/c1-3-27-16-11-10-14(12-17(16)28-4-2)19(26)21-13-18(25)23-24-20(29)22-15-8-6-5-7-9-15/h5-12H,3-4,13H2,1-2H3,(H,21,26)(H,23,25)(H2,22,24,29). The Morgan fingerprint density at radius 2 is 1.62 bits per heavy atom. The topological polar surface area (TPSA) is 101 Å². The van der Waals surface area contributed by atoms with Crippen LogP contribution in [0.5, 0.6) is 11.5 Å². The van der Waals surface area contributed by atoms with Crippen molar-refractivity contribution in [2.24, 2.45) is 0 Å². The lowest BCUT2D eigenvalue weighted by Crippen LogP contribution is -2.47. The summed E-state index contributed by atoms with van der Waals surface area (Å²) in [5.41, 5.74) is 6.14. The molecule has 0 atom stereocenters. The van der Waals surface area contributed by atoms with E-state index in [0.717, 1.165) is 5.69 Å². The molecule has 9 heteroatoms. The molecule has 0 bridgehead atoms. The van der Waals surface area contributed by atoms with Gasteiger partial charge in [0.1, 0.15) is 0 Å². The molecule has 2 rings (SSSR count). The highest BCUT2D eigenvalue weighted by Crippen LogP contribution is 2.28. The van der Waals surface area contributed by atoms with E-state index in [1.165, 1.54) is 0 Å². The van der Waals surface area contributed by atoms with Gasteiger partial charge in [-0.3, -0.25) is 20.4 Å². The third-order valence-electron chi connectivity index (χ3n) is 3.56. The van der Waals surface area contributed by atoms with Crippen molar-refractivity contribution in [2.75, 3.05) is 25.1 Å². The van der Waals surface area contributed by atoms with Gasteiger partial charge in [-0.2, -0.15) is 0 Å². The van der Waals surface area contributed by atoms with Crippen molar-refractivity contribution >= 4 is 34.8 Å². The van der Waals surface area contributed by atoms with E-state index in [4.69, 9.17) is 21.7 Å². The summed E-state index contributed by atoms with van der Waals surface area (Å²) in [6, 6.07) is 14.1. The van der Waals surface area contributed by atoms with Crippen LogP contribution >= 0.6 is 12.2 Å². The first-order chi connectivity index (χ1) is 14.0. The molecule has 0 spiro atoms. The quantitative estimate of drug-likeness (QED) is 0.387. The fraction of sp³-hybridized carbons (Fsp3) is 0.250. The molecule has 0 fully saturated rings. The normalized spacial score (nSPS) is 9.86. The van der Waals surface area contributed by atoms with E-state index in [1.807, 2.05) is 44.2 Å². The summed E-state index contributed by atoms with van der Waals surface area (Å²) in [7, 11) is 0. The lowest BCUT2D eigenvalue weighted by Gasteiger charge is -2.13. The second-order valence-electron chi connectivity index (χ2n) is 5.70. The third-order valence-corrected chi connectivity index (χ3v) is 3.77. The Morgan fingerprint density at radius 1 is 0.931 bits per heavy atom. The molecule has 0 aromatic heterocycles. The van der Waals surface area contributed by atoms with Crippen molar-refractivity contribution in [3.05, 3.63) is 54.1 Å². The zero-order valence-electron chi connectivity index (χ0n) is 16.3. The Kier molecular flexibility index (Phi) is 8.71. The van der Waals surface area contributed by atoms with Crippen molar-refractivity contribution in [3.8, 4) is 11.5 Å². The largest absolute Gasteiger partial charge is 0.490 e. The molecule has 0 aliphatic heterocycles. The van der Waals surface area contributed by atoms with Crippen LogP contribution in [0.1, 0.15) is 24.2 Å². The van der Waals surface area contributed by atoms with Crippen LogP contribution in [0.15, 0.2) is 48.5 Å². The lowest BCUT2D eigenvalue weighted by atomic mass is 10.2. The minimum atomic E-state index is -0.452. The molecule has 4 N–H and O–H groups in total. The number of anilines is 1. The highest BCUT2D eigenvalue weighted by Gasteiger charge is 2.12. The summed E-state index contributed by atoms with van der Waals surface area (Å²) >= 11 is 5.09. The van der Waals surface area contributed by atoms with Crippen LogP contribution < -0.4 is 31.0 Å². The molecular weight excluding hydrogens is 392 g/mol. The van der Waals surface area contributed by atoms with Crippen LogP contribution in [-0.2, 0) is 4.79 Å². The number of carbonyl (C=O) groups excluding carboxylic acids is 2. The zero-order valence-corrected chi connectivity index (χ0v) is 17.1. The first-order valence-corrected chi connectivity index (χ1v) is 9.53. The van der Waals surface area contributed by atoms with Gasteiger partial charge in [0.05, 0.1) is 19.8 Å². The summed E-state index contributed by atoms with van der Waals surface area (Å²) < 4.78 is 11.0. The van der Waals surface area contributed by atoms with Crippen molar-refractivity contribution < 1.29 is 19.1 Å². The fourth-order valence-electron chi connectivity index (χ4n) is 2.31. The molecule has 0 aliphatic rings. The molecule has 0 radical (unpaired) electrons. The first kappa shape index (κ1) is 22.0. The number of para-hydroxylation sites is 1. The van der Waals surface area contributed by atoms with Gasteiger partial charge in [-0.15, -0.1) is 0 Å². The number of thiocarbonyl (C=S) groups is 1. The monoisotopic (exact) mass is 416 g/mol. The predicted octanol–water partition coefficient (Wildman–Crippen LogP) is 2.23. The summed E-state index contributed by atoms with van der Waals surface area (Å²) in [6.07, 6.45) is 0. The molecule has 29 heavy (non-hydrogen) atoms. The van der Waals surface area contributed by atoms with Crippen molar-refractivity contribution in [3.63, 3.8) is 0 Å². The van der Waals surface area contributed by atoms with Gasteiger partial charge in [0.25, 0.3) is 11.8 Å². The fourth-order valence-corrected chi connectivity index (χ4v) is 2.48. The lowest BCUT2D eigenvalue weighted by molar-refractivity contribution is -0.120. The minimum absolute atomic E-state index is 0.225. The van der Waals surface area contributed by atoms with E-state index in [1.54, 1.807) is 18.2 Å². The number of amides is 2. The van der Waals surface area contributed by atoms with E-state index in [0.29, 0.717) is 30.3 Å². The van der Waals surface area contributed by atoms with Crippen molar-refractivity contribution in [2.45, 2.75) is 13.8 Å². The van der Waals surface area contributed by atoms with Crippen LogP contribution in [0.2, 0.25) is 0 Å². The Bertz CT molecular complexity index is 846. The van der Waals surface area contributed by atoms with Crippen LogP contribution in [0, 0.1) is 0 Å². The molecule has 2 aromatic carbocycles. The van der Waals surface area contributed by atoms with E-state index in [-0.39, 0.29) is 11.7 Å². The van der Waals surface area contributed by atoms with Crippen LogP contribution in [-0.4, -0.2) is 36.7 Å². The summed E-state index contributed by atoms with van der Waals surface area (Å²) in [4.78, 5) is 24.2. The van der Waals surface area contributed by atoms with E-state index in [9.17, 15) is 9.59 Å². The van der Waals surface area contributed by atoms with Gasteiger partial charge >= 0.3 is 0 Å². The SMILES string of the molecule is CCOc1ccc(C(=O)NCC(=O)NNC(=S)Nc2ccccc2)cc1OCC.